The van der Waals surface area contributed by atoms with Crippen LogP contribution in [0.2, 0.25) is 0 Å². The summed E-state index contributed by atoms with van der Waals surface area (Å²) in [5, 5.41) is 0. The maximum Gasteiger partial charge on any atom is 0.122 e. The van der Waals surface area contributed by atoms with E-state index in [0.29, 0.717) is 4.83 Å². The van der Waals surface area contributed by atoms with Crippen molar-refractivity contribution in [1.29, 1.82) is 0 Å². The quantitative estimate of drug-likeness (QED) is 0.722. The summed E-state index contributed by atoms with van der Waals surface area (Å²) in [5.74, 6) is 1.92. The Bertz CT molecular complexity index is 396. The number of rotatable bonds is 2. The van der Waals surface area contributed by atoms with Crippen molar-refractivity contribution in [3.8, 4) is 5.75 Å². The average molecular weight is 295 g/mol. The van der Waals surface area contributed by atoms with E-state index in [0.717, 1.165) is 24.7 Å². The van der Waals surface area contributed by atoms with Crippen LogP contribution in [0.1, 0.15) is 48.1 Å². The highest BCUT2D eigenvalue weighted by Gasteiger charge is 2.24. The summed E-state index contributed by atoms with van der Waals surface area (Å²) in [6.07, 6.45) is 8.07. The Morgan fingerprint density at radius 3 is 2.82 bits per heavy atom. The van der Waals surface area contributed by atoms with Crippen LogP contribution in [0.5, 0.6) is 5.75 Å². The van der Waals surface area contributed by atoms with Crippen LogP contribution in [0.3, 0.4) is 0 Å². The summed E-state index contributed by atoms with van der Waals surface area (Å²) < 4.78 is 5.56. The molecule has 0 radical (unpaired) electrons. The van der Waals surface area contributed by atoms with Crippen LogP contribution in [0.15, 0.2) is 18.2 Å². The fraction of sp³-hybridized carbons (Fsp3) is 0.600. The normalized spacial score (nSPS) is 21.9. The van der Waals surface area contributed by atoms with Gasteiger partial charge in [-0.05, 0) is 36.0 Å². The molecule has 1 nitrogen and oxygen atoms in total. The second kappa shape index (κ2) is 5.01. The lowest BCUT2D eigenvalue weighted by atomic mass is 9.84. The zero-order valence-electron chi connectivity index (χ0n) is 10.1. The number of alkyl halides is 1. The molecular weight excluding hydrogens is 276 g/mol. The molecule has 1 saturated carbocycles. The highest BCUT2D eigenvalue weighted by Crippen LogP contribution is 2.41. The zero-order valence-corrected chi connectivity index (χ0v) is 11.7. The number of halogens is 1. The van der Waals surface area contributed by atoms with Crippen LogP contribution >= 0.6 is 15.9 Å². The van der Waals surface area contributed by atoms with E-state index in [1.807, 2.05) is 0 Å². The Morgan fingerprint density at radius 1 is 1.18 bits per heavy atom. The van der Waals surface area contributed by atoms with Gasteiger partial charge >= 0.3 is 0 Å². The van der Waals surface area contributed by atoms with E-state index in [-0.39, 0.29) is 0 Å². The maximum atomic E-state index is 5.56. The molecule has 0 aromatic heterocycles. The van der Waals surface area contributed by atoms with Gasteiger partial charge in [-0.3, -0.25) is 0 Å². The van der Waals surface area contributed by atoms with Crippen molar-refractivity contribution in [2.75, 3.05) is 6.61 Å². The van der Waals surface area contributed by atoms with E-state index >= 15 is 0 Å². The van der Waals surface area contributed by atoms with Gasteiger partial charge in [0.25, 0.3) is 0 Å². The molecule has 0 spiro atoms. The van der Waals surface area contributed by atoms with E-state index in [2.05, 4.69) is 34.1 Å². The first-order valence-corrected chi connectivity index (χ1v) is 7.66. The summed E-state index contributed by atoms with van der Waals surface area (Å²) >= 11 is 3.92. The molecule has 2 aliphatic rings. The van der Waals surface area contributed by atoms with Gasteiger partial charge in [-0.2, -0.15) is 0 Å². The van der Waals surface area contributed by atoms with Crippen molar-refractivity contribution in [2.45, 2.75) is 43.4 Å². The van der Waals surface area contributed by atoms with Crippen LogP contribution in [0.25, 0.3) is 0 Å². The minimum Gasteiger partial charge on any atom is -0.493 e. The first-order valence-electron chi connectivity index (χ1n) is 6.74. The van der Waals surface area contributed by atoms with Crippen LogP contribution in [-0.4, -0.2) is 6.61 Å². The lowest BCUT2D eigenvalue weighted by molar-refractivity contribution is 0.353. The van der Waals surface area contributed by atoms with Gasteiger partial charge in [0.1, 0.15) is 5.75 Å². The van der Waals surface area contributed by atoms with E-state index in [9.17, 15) is 0 Å². The van der Waals surface area contributed by atoms with Gasteiger partial charge in [-0.15, -0.1) is 0 Å². The molecule has 1 aromatic carbocycles. The molecule has 2 heteroatoms. The third kappa shape index (κ3) is 2.37. The topological polar surface area (TPSA) is 9.23 Å². The molecule has 3 rings (SSSR count). The standard InChI is InChI=1S/C15H19BrO/c16-15(11-4-2-1-3-5-11)13-6-7-14-12(10-13)8-9-17-14/h6-7,10-11,15H,1-5,8-9H2. The van der Waals surface area contributed by atoms with Gasteiger partial charge in [0.2, 0.25) is 0 Å². The number of benzene rings is 1. The molecule has 1 aliphatic heterocycles. The summed E-state index contributed by atoms with van der Waals surface area (Å²) in [5.41, 5.74) is 2.84. The highest BCUT2D eigenvalue weighted by molar-refractivity contribution is 9.09. The van der Waals surface area contributed by atoms with Crippen LogP contribution in [-0.2, 0) is 6.42 Å². The van der Waals surface area contributed by atoms with Crippen molar-refractivity contribution in [2.24, 2.45) is 5.92 Å². The van der Waals surface area contributed by atoms with Gasteiger partial charge in [-0.25, -0.2) is 0 Å². The molecule has 1 unspecified atom stereocenters. The first-order chi connectivity index (χ1) is 8.34. The molecule has 17 heavy (non-hydrogen) atoms. The third-order valence-electron chi connectivity index (χ3n) is 4.10. The summed E-state index contributed by atoms with van der Waals surface area (Å²) in [7, 11) is 0. The second-order valence-corrected chi connectivity index (χ2v) is 6.25. The zero-order chi connectivity index (χ0) is 11.7. The SMILES string of the molecule is BrC(c1ccc2c(c1)CCO2)C1CCCCC1. The maximum absolute atomic E-state index is 5.56. The molecule has 1 heterocycles. The molecule has 1 fully saturated rings. The van der Waals surface area contributed by atoms with Crippen LogP contribution in [0.4, 0.5) is 0 Å². The van der Waals surface area contributed by atoms with Gasteiger partial charge in [0.05, 0.1) is 6.61 Å². The van der Waals surface area contributed by atoms with Crippen molar-refractivity contribution < 1.29 is 4.74 Å². The van der Waals surface area contributed by atoms with Crippen molar-refractivity contribution >= 4 is 15.9 Å². The van der Waals surface area contributed by atoms with Crippen molar-refractivity contribution in [3.63, 3.8) is 0 Å². The highest BCUT2D eigenvalue weighted by atomic mass is 79.9. The molecule has 0 amide bonds. The smallest absolute Gasteiger partial charge is 0.122 e. The van der Waals surface area contributed by atoms with Crippen molar-refractivity contribution in [3.05, 3.63) is 29.3 Å². The lowest BCUT2D eigenvalue weighted by Gasteiger charge is -2.26. The van der Waals surface area contributed by atoms with E-state index in [4.69, 9.17) is 4.74 Å². The Kier molecular flexibility index (Phi) is 3.41. The Labute approximate surface area is 112 Å². The molecule has 1 aliphatic carbocycles. The van der Waals surface area contributed by atoms with E-state index in [1.54, 1.807) is 0 Å². The molecule has 92 valence electrons. The number of hydrogen-bond donors (Lipinski definition) is 0. The van der Waals surface area contributed by atoms with E-state index < -0.39 is 0 Å². The minimum atomic E-state index is 0.536. The summed E-state index contributed by atoms with van der Waals surface area (Å²) in [4.78, 5) is 0.536. The molecular formula is C15H19BrO. The number of ether oxygens (including phenoxy) is 1. The predicted molar refractivity (Wildman–Crippen MR) is 73.9 cm³/mol. The molecule has 1 aromatic rings. The Hall–Kier alpha value is -0.500. The van der Waals surface area contributed by atoms with Gasteiger partial charge in [-0.1, -0.05) is 47.3 Å². The monoisotopic (exact) mass is 294 g/mol. The van der Waals surface area contributed by atoms with Gasteiger partial charge in [0.15, 0.2) is 0 Å². The first kappa shape index (κ1) is 11.6. The number of hydrogen-bond acceptors (Lipinski definition) is 1. The number of fused-ring (bicyclic) bond motifs is 1. The Morgan fingerprint density at radius 2 is 2.00 bits per heavy atom. The van der Waals surface area contributed by atoms with Crippen LogP contribution < -0.4 is 4.74 Å². The average Bonchev–Trinajstić information content (AvgIpc) is 2.86. The van der Waals surface area contributed by atoms with Crippen LogP contribution in [0, 0.1) is 5.92 Å². The predicted octanol–water partition coefficient (Wildman–Crippen LogP) is 4.64. The van der Waals surface area contributed by atoms with Gasteiger partial charge < -0.3 is 4.74 Å². The fourth-order valence-electron chi connectivity index (χ4n) is 3.08. The molecule has 0 bridgehead atoms. The largest absolute Gasteiger partial charge is 0.493 e. The fourth-order valence-corrected chi connectivity index (χ4v) is 3.89. The second-order valence-electron chi connectivity index (χ2n) is 5.27. The lowest BCUT2D eigenvalue weighted by Crippen LogP contribution is -2.11. The molecule has 0 N–H and O–H groups in total. The van der Waals surface area contributed by atoms with E-state index in [1.165, 1.54) is 43.2 Å². The summed E-state index contributed by atoms with van der Waals surface area (Å²) in [6.45, 7) is 0.856. The van der Waals surface area contributed by atoms with Crippen molar-refractivity contribution in [1.82, 2.24) is 0 Å². The minimum absolute atomic E-state index is 0.536. The molecule has 1 atom stereocenters. The van der Waals surface area contributed by atoms with Gasteiger partial charge in [0, 0.05) is 11.2 Å². The third-order valence-corrected chi connectivity index (χ3v) is 5.37. The summed E-state index contributed by atoms with van der Waals surface area (Å²) in [6, 6.07) is 6.73. The Balaban J connectivity index is 1.78. The molecule has 0 saturated heterocycles.